The molecule has 1 fully saturated rings. The molecule has 1 aliphatic heterocycles. The lowest BCUT2D eigenvalue weighted by molar-refractivity contribution is -0.149. The van der Waals surface area contributed by atoms with Crippen LogP contribution in [-0.2, 0) is 47.4 Å². The summed E-state index contributed by atoms with van der Waals surface area (Å²) in [6, 6.07) is 0. The topological polar surface area (TPSA) is 100 Å². The van der Waals surface area contributed by atoms with E-state index in [-0.39, 0.29) is 44.1 Å². The molecular weight excluding hydrogens is 508 g/mol. The molecule has 1 rings (SSSR count). The minimum absolute atomic E-state index is 0.170. The van der Waals surface area contributed by atoms with Crippen LogP contribution in [0.1, 0.15) is 71.1 Å². The first kappa shape index (κ1) is 36.2. The fourth-order valence-electron chi connectivity index (χ4n) is 4.41. The maximum absolute atomic E-state index is 12.1. The average molecular weight is 565 g/mol. The van der Waals surface area contributed by atoms with Gasteiger partial charge in [0, 0.05) is 27.8 Å². The quantitative estimate of drug-likeness (QED) is 0.103. The van der Waals surface area contributed by atoms with Gasteiger partial charge in [-0.15, -0.1) is 0 Å². The van der Waals surface area contributed by atoms with Crippen molar-refractivity contribution < 1.29 is 47.4 Å². The van der Waals surface area contributed by atoms with E-state index in [1.54, 1.807) is 21.3 Å². The smallest absolute Gasteiger partial charge is 0.305 e. The molecule has 10 heteroatoms. The maximum atomic E-state index is 12.1. The molecule has 0 aromatic rings. The summed E-state index contributed by atoms with van der Waals surface area (Å²) in [5.74, 6) is -0.170. The Labute approximate surface area is 236 Å². The van der Waals surface area contributed by atoms with Gasteiger partial charge in [0.25, 0.3) is 0 Å². The van der Waals surface area contributed by atoms with E-state index in [1.165, 1.54) is 44.9 Å². The summed E-state index contributed by atoms with van der Waals surface area (Å²) >= 11 is 0. The fourth-order valence-corrected chi connectivity index (χ4v) is 4.41. The van der Waals surface area contributed by atoms with Gasteiger partial charge < -0.3 is 42.6 Å². The number of rotatable bonds is 28. The van der Waals surface area contributed by atoms with Crippen LogP contribution >= 0.6 is 0 Å². The SMILES string of the molecule is CCCCCCCCCCCC(=O)OCCOCC(OCCOC)C1OCC(OCCOC)C1OCCOC. The van der Waals surface area contributed by atoms with Crippen LogP contribution in [0.5, 0.6) is 0 Å². The second kappa shape index (κ2) is 26.1. The standard InChI is InChI=1S/C29H56O10/c1-5-6-7-8-9-10-11-12-13-14-27(30)37-22-18-34-23-25(35-19-15-31-2)29-28(38-21-17-33-4)26(24-39-29)36-20-16-32-3/h25-26,28-29H,5-24H2,1-4H3. The largest absolute Gasteiger partial charge is 0.463 e. The molecular formula is C29H56O10. The molecule has 10 nitrogen and oxygen atoms in total. The number of carbonyl (C=O) groups is 1. The van der Waals surface area contributed by atoms with Crippen LogP contribution in [0.2, 0.25) is 0 Å². The average Bonchev–Trinajstić information content (AvgIpc) is 3.33. The molecule has 0 bridgehead atoms. The Bertz CT molecular complexity index is 550. The van der Waals surface area contributed by atoms with Crippen molar-refractivity contribution in [3.63, 3.8) is 0 Å². The summed E-state index contributed by atoms with van der Waals surface area (Å²) in [5.41, 5.74) is 0. The highest BCUT2D eigenvalue weighted by molar-refractivity contribution is 5.69. The van der Waals surface area contributed by atoms with Gasteiger partial charge in [0.2, 0.25) is 0 Å². The normalized spacial score (nSPS) is 19.9. The van der Waals surface area contributed by atoms with Crippen molar-refractivity contribution in [3.8, 4) is 0 Å². The third kappa shape index (κ3) is 18.3. The number of unbranched alkanes of at least 4 members (excludes halogenated alkanes) is 8. The first-order valence-corrected chi connectivity index (χ1v) is 14.8. The molecule has 1 saturated heterocycles. The zero-order valence-electron chi connectivity index (χ0n) is 25.0. The van der Waals surface area contributed by atoms with Crippen LogP contribution in [0, 0.1) is 0 Å². The third-order valence-electron chi connectivity index (χ3n) is 6.60. The predicted octanol–water partition coefficient (Wildman–Crippen LogP) is 3.96. The number of hydrogen-bond donors (Lipinski definition) is 0. The highest BCUT2D eigenvalue weighted by Gasteiger charge is 2.44. The van der Waals surface area contributed by atoms with E-state index in [0.29, 0.717) is 52.7 Å². The molecule has 4 unspecified atom stereocenters. The van der Waals surface area contributed by atoms with E-state index in [2.05, 4.69) is 6.92 Å². The van der Waals surface area contributed by atoms with Gasteiger partial charge in [0.05, 0.1) is 59.5 Å². The molecule has 4 atom stereocenters. The Kier molecular flexibility index (Phi) is 24.2. The summed E-state index contributed by atoms with van der Waals surface area (Å²) in [6.45, 7) is 6.01. The highest BCUT2D eigenvalue weighted by atomic mass is 16.6. The van der Waals surface area contributed by atoms with E-state index >= 15 is 0 Å². The Morgan fingerprint density at radius 1 is 0.744 bits per heavy atom. The van der Waals surface area contributed by atoms with Crippen molar-refractivity contribution in [2.45, 2.75) is 95.5 Å². The number of esters is 1. The highest BCUT2D eigenvalue weighted by Crippen LogP contribution is 2.25. The van der Waals surface area contributed by atoms with Gasteiger partial charge in [-0.25, -0.2) is 0 Å². The minimum Gasteiger partial charge on any atom is -0.463 e. The number of carbonyl (C=O) groups excluding carboxylic acids is 1. The molecule has 0 aliphatic carbocycles. The summed E-state index contributed by atoms with van der Waals surface area (Å²) in [6.07, 6.45) is 10.0. The van der Waals surface area contributed by atoms with Gasteiger partial charge in [-0.3, -0.25) is 4.79 Å². The number of methoxy groups -OCH3 is 3. The van der Waals surface area contributed by atoms with Gasteiger partial charge >= 0.3 is 5.97 Å². The molecule has 232 valence electrons. The van der Waals surface area contributed by atoms with Crippen molar-refractivity contribution in [1.82, 2.24) is 0 Å². The molecule has 0 radical (unpaired) electrons. The minimum atomic E-state index is -0.401. The summed E-state index contributed by atoms with van der Waals surface area (Å²) in [7, 11) is 4.89. The first-order chi connectivity index (χ1) is 19.2. The van der Waals surface area contributed by atoms with Crippen LogP contribution in [0.25, 0.3) is 0 Å². The van der Waals surface area contributed by atoms with E-state index in [4.69, 9.17) is 42.6 Å². The molecule has 1 heterocycles. The lowest BCUT2D eigenvalue weighted by atomic mass is 10.1. The lowest BCUT2D eigenvalue weighted by Crippen LogP contribution is -2.45. The van der Waals surface area contributed by atoms with Crippen LogP contribution in [0.15, 0.2) is 0 Å². The molecule has 0 spiro atoms. The molecule has 0 aromatic carbocycles. The number of hydrogen-bond acceptors (Lipinski definition) is 10. The number of ether oxygens (including phenoxy) is 9. The molecule has 1 aliphatic rings. The van der Waals surface area contributed by atoms with Gasteiger partial charge in [0.15, 0.2) is 0 Å². The summed E-state index contributed by atoms with van der Waals surface area (Å²) in [5, 5.41) is 0. The Balaban J connectivity index is 2.37. The molecule has 0 N–H and O–H groups in total. The first-order valence-electron chi connectivity index (χ1n) is 14.8. The van der Waals surface area contributed by atoms with Gasteiger partial charge in [0.1, 0.15) is 31.0 Å². The zero-order chi connectivity index (χ0) is 28.4. The lowest BCUT2D eigenvalue weighted by Gasteiger charge is -2.29. The Morgan fingerprint density at radius 3 is 2.03 bits per heavy atom. The Morgan fingerprint density at radius 2 is 1.36 bits per heavy atom. The molecule has 39 heavy (non-hydrogen) atoms. The van der Waals surface area contributed by atoms with Crippen molar-refractivity contribution in [2.75, 3.05) is 87.4 Å². The second-order valence-electron chi connectivity index (χ2n) is 9.80. The van der Waals surface area contributed by atoms with Gasteiger partial charge in [-0.2, -0.15) is 0 Å². The third-order valence-corrected chi connectivity index (χ3v) is 6.60. The Hall–Kier alpha value is -0.850. The van der Waals surface area contributed by atoms with E-state index < -0.39 is 6.10 Å². The van der Waals surface area contributed by atoms with Crippen LogP contribution < -0.4 is 0 Å². The fraction of sp³-hybridized carbons (Fsp3) is 0.966. The zero-order valence-corrected chi connectivity index (χ0v) is 25.0. The summed E-state index contributed by atoms with van der Waals surface area (Å²) in [4.78, 5) is 12.1. The van der Waals surface area contributed by atoms with Crippen molar-refractivity contribution >= 4 is 5.97 Å². The molecule has 0 aromatic heterocycles. The second-order valence-corrected chi connectivity index (χ2v) is 9.80. The summed E-state index contributed by atoms with van der Waals surface area (Å²) < 4.78 is 50.7. The van der Waals surface area contributed by atoms with Crippen molar-refractivity contribution in [2.24, 2.45) is 0 Å². The van der Waals surface area contributed by atoms with E-state index in [0.717, 1.165) is 12.8 Å². The monoisotopic (exact) mass is 564 g/mol. The van der Waals surface area contributed by atoms with Crippen LogP contribution in [-0.4, -0.2) is 118 Å². The molecule has 0 amide bonds. The molecule has 0 saturated carbocycles. The van der Waals surface area contributed by atoms with Crippen LogP contribution in [0.3, 0.4) is 0 Å². The van der Waals surface area contributed by atoms with E-state index in [9.17, 15) is 4.79 Å². The predicted molar refractivity (Wildman–Crippen MR) is 148 cm³/mol. The van der Waals surface area contributed by atoms with Gasteiger partial charge in [-0.1, -0.05) is 58.3 Å². The van der Waals surface area contributed by atoms with E-state index in [1.807, 2.05) is 0 Å². The van der Waals surface area contributed by atoms with Crippen LogP contribution in [0.4, 0.5) is 0 Å². The van der Waals surface area contributed by atoms with Gasteiger partial charge in [-0.05, 0) is 6.42 Å². The van der Waals surface area contributed by atoms with Crippen molar-refractivity contribution in [3.05, 3.63) is 0 Å². The van der Waals surface area contributed by atoms with Crippen molar-refractivity contribution in [1.29, 1.82) is 0 Å². The maximum Gasteiger partial charge on any atom is 0.305 e.